The van der Waals surface area contributed by atoms with E-state index in [1.54, 1.807) is 28.9 Å². The highest BCUT2D eigenvalue weighted by Gasteiger charge is 2.43. The van der Waals surface area contributed by atoms with E-state index in [9.17, 15) is 9.18 Å². The van der Waals surface area contributed by atoms with Crippen LogP contribution in [0, 0.1) is 5.82 Å². The van der Waals surface area contributed by atoms with Crippen LogP contribution in [0.3, 0.4) is 0 Å². The quantitative estimate of drug-likeness (QED) is 0.935. The highest BCUT2D eigenvalue weighted by Crippen LogP contribution is 2.29. The summed E-state index contributed by atoms with van der Waals surface area (Å²) in [5.41, 5.74) is 0.127. The molecule has 6 heteroatoms. The maximum Gasteiger partial charge on any atom is 0.250 e. The molecule has 1 N–H and O–H groups in total. The second-order valence-electron chi connectivity index (χ2n) is 6.02. The molecule has 5 nitrogen and oxygen atoms in total. The fraction of sp³-hybridized carbons (Fsp3) is 0.412. The summed E-state index contributed by atoms with van der Waals surface area (Å²) in [6, 6.07) is 8.20. The lowest BCUT2D eigenvalue weighted by atomic mass is 9.86. The first-order chi connectivity index (χ1) is 11.1. The van der Waals surface area contributed by atoms with Crippen LogP contribution in [0.1, 0.15) is 18.4 Å². The first-order valence-electron chi connectivity index (χ1n) is 7.83. The number of rotatable bonds is 4. The Morgan fingerprint density at radius 3 is 2.83 bits per heavy atom. The molecular weight excluding hydrogens is 295 g/mol. The molecule has 0 saturated carbocycles. The minimum atomic E-state index is -0.656. The van der Waals surface area contributed by atoms with Crippen molar-refractivity contribution >= 4 is 5.91 Å². The van der Waals surface area contributed by atoms with E-state index in [4.69, 9.17) is 0 Å². The van der Waals surface area contributed by atoms with Gasteiger partial charge >= 0.3 is 0 Å². The molecule has 0 aliphatic carbocycles. The molecule has 1 fully saturated rings. The minimum Gasteiger partial charge on any atom is -0.339 e. The lowest BCUT2D eigenvalue weighted by Crippen LogP contribution is -2.54. The predicted octanol–water partition coefficient (Wildman–Crippen LogP) is 1.76. The molecule has 0 unspecified atom stereocenters. The number of piperidine rings is 1. The number of benzene rings is 1. The monoisotopic (exact) mass is 316 g/mol. The predicted molar refractivity (Wildman–Crippen MR) is 85.2 cm³/mol. The zero-order chi connectivity index (χ0) is 16.3. The van der Waals surface area contributed by atoms with Crippen molar-refractivity contribution in [3.8, 4) is 0 Å². The molecule has 1 aliphatic heterocycles. The summed E-state index contributed by atoms with van der Waals surface area (Å²) in [6.45, 7) is 1.94. The fourth-order valence-electron chi connectivity index (χ4n) is 3.24. The van der Waals surface area contributed by atoms with Crippen LogP contribution in [-0.4, -0.2) is 40.7 Å². The van der Waals surface area contributed by atoms with Gasteiger partial charge < -0.3 is 10.2 Å². The van der Waals surface area contributed by atoms with Crippen molar-refractivity contribution in [1.29, 1.82) is 0 Å². The molecule has 0 radical (unpaired) electrons. The van der Waals surface area contributed by atoms with Crippen LogP contribution in [0.5, 0.6) is 0 Å². The van der Waals surface area contributed by atoms with Gasteiger partial charge in [0.05, 0.1) is 0 Å². The Morgan fingerprint density at radius 2 is 2.17 bits per heavy atom. The lowest BCUT2D eigenvalue weighted by molar-refractivity contribution is -0.142. The zero-order valence-corrected chi connectivity index (χ0v) is 13.2. The molecular formula is C17H21FN4O. The van der Waals surface area contributed by atoms with Crippen molar-refractivity contribution in [1.82, 2.24) is 20.0 Å². The standard InChI is InChI=1S/C17H21FN4O/c1-21(13-14-4-2-5-15(18)12-14)16(23)17(6-9-19-10-7-17)22-11-3-8-20-22/h2-5,8,11-12,19H,6-7,9-10,13H2,1H3. The molecule has 0 spiro atoms. The number of halogens is 1. The van der Waals surface area contributed by atoms with E-state index in [1.807, 2.05) is 18.3 Å². The number of nitrogens with one attached hydrogen (secondary N) is 1. The van der Waals surface area contributed by atoms with E-state index >= 15 is 0 Å². The lowest BCUT2D eigenvalue weighted by Gasteiger charge is -2.39. The van der Waals surface area contributed by atoms with E-state index in [-0.39, 0.29) is 11.7 Å². The van der Waals surface area contributed by atoms with Crippen LogP contribution in [0.25, 0.3) is 0 Å². The second-order valence-corrected chi connectivity index (χ2v) is 6.02. The van der Waals surface area contributed by atoms with E-state index < -0.39 is 5.54 Å². The van der Waals surface area contributed by atoms with Gasteiger partial charge in [0.15, 0.2) is 0 Å². The number of likely N-dealkylation sites (N-methyl/N-ethyl adjacent to an activating group) is 1. The van der Waals surface area contributed by atoms with Gasteiger partial charge in [0.2, 0.25) is 0 Å². The molecule has 23 heavy (non-hydrogen) atoms. The van der Waals surface area contributed by atoms with Gasteiger partial charge in [-0.25, -0.2) is 4.39 Å². The molecule has 122 valence electrons. The third-order valence-electron chi connectivity index (χ3n) is 4.43. The Bertz CT molecular complexity index is 665. The summed E-state index contributed by atoms with van der Waals surface area (Å²) >= 11 is 0. The topological polar surface area (TPSA) is 50.2 Å². The van der Waals surface area contributed by atoms with Gasteiger partial charge in [-0.3, -0.25) is 9.48 Å². The van der Waals surface area contributed by atoms with E-state index in [0.29, 0.717) is 19.4 Å². The van der Waals surface area contributed by atoms with Gasteiger partial charge in [-0.1, -0.05) is 12.1 Å². The number of amides is 1. The van der Waals surface area contributed by atoms with Gasteiger partial charge in [-0.15, -0.1) is 0 Å². The number of nitrogens with zero attached hydrogens (tertiary/aromatic N) is 3. The van der Waals surface area contributed by atoms with Crippen molar-refractivity contribution in [2.24, 2.45) is 0 Å². The maximum absolute atomic E-state index is 13.3. The summed E-state index contributed by atoms with van der Waals surface area (Å²) in [7, 11) is 1.76. The minimum absolute atomic E-state index is 0.0203. The Kier molecular flexibility index (Phi) is 4.43. The van der Waals surface area contributed by atoms with Crippen LogP contribution in [0.15, 0.2) is 42.7 Å². The zero-order valence-electron chi connectivity index (χ0n) is 13.2. The molecule has 3 rings (SSSR count). The number of carbonyl (C=O) groups is 1. The van der Waals surface area contributed by atoms with E-state index in [0.717, 1.165) is 18.7 Å². The van der Waals surface area contributed by atoms with Crippen LogP contribution in [-0.2, 0) is 16.9 Å². The van der Waals surface area contributed by atoms with Gasteiger partial charge in [-0.05, 0) is 49.7 Å². The molecule has 1 amide bonds. The Hall–Kier alpha value is -2.21. The normalized spacial score (nSPS) is 17.0. The molecule has 1 saturated heterocycles. The highest BCUT2D eigenvalue weighted by molar-refractivity contribution is 5.84. The van der Waals surface area contributed by atoms with Crippen LogP contribution >= 0.6 is 0 Å². The summed E-state index contributed by atoms with van der Waals surface area (Å²) in [4.78, 5) is 14.8. The molecule has 1 aromatic carbocycles. The first-order valence-corrected chi connectivity index (χ1v) is 7.83. The Balaban J connectivity index is 1.83. The highest BCUT2D eigenvalue weighted by atomic mass is 19.1. The van der Waals surface area contributed by atoms with Crippen LogP contribution in [0.4, 0.5) is 4.39 Å². The van der Waals surface area contributed by atoms with E-state index in [1.165, 1.54) is 12.1 Å². The third-order valence-corrected chi connectivity index (χ3v) is 4.43. The Labute approximate surface area is 135 Å². The molecule has 1 aromatic heterocycles. The third kappa shape index (κ3) is 3.12. The molecule has 2 aromatic rings. The largest absolute Gasteiger partial charge is 0.339 e. The average molecular weight is 316 g/mol. The first kappa shape index (κ1) is 15.7. The summed E-state index contributed by atoms with van der Waals surface area (Å²) in [5, 5.41) is 7.61. The van der Waals surface area contributed by atoms with Crippen LogP contribution in [0.2, 0.25) is 0 Å². The Morgan fingerprint density at radius 1 is 1.39 bits per heavy atom. The molecule has 2 heterocycles. The van der Waals surface area contributed by atoms with E-state index in [2.05, 4.69) is 10.4 Å². The van der Waals surface area contributed by atoms with Crippen molar-refractivity contribution in [3.05, 3.63) is 54.1 Å². The number of carbonyl (C=O) groups excluding carboxylic acids is 1. The molecule has 0 bridgehead atoms. The van der Waals surface area contributed by atoms with Gasteiger partial charge in [-0.2, -0.15) is 5.10 Å². The molecule has 0 atom stereocenters. The maximum atomic E-state index is 13.3. The second kappa shape index (κ2) is 6.50. The van der Waals surface area contributed by atoms with Crippen molar-refractivity contribution in [2.45, 2.75) is 24.9 Å². The van der Waals surface area contributed by atoms with Crippen molar-refractivity contribution in [3.63, 3.8) is 0 Å². The number of hydrogen-bond donors (Lipinski definition) is 1. The van der Waals surface area contributed by atoms with Crippen molar-refractivity contribution in [2.75, 3.05) is 20.1 Å². The van der Waals surface area contributed by atoms with Gasteiger partial charge in [0.25, 0.3) is 5.91 Å². The summed E-state index contributed by atoms with van der Waals surface area (Å²) in [6.07, 6.45) is 4.94. The number of aromatic nitrogens is 2. The summed E-state index contributed by atoms with van der Waals surface area (Å²) < 4.78 is 15.1. The average Bonchev–Trinajstić information content (AvgIpc) is 3.10. The van der Waals surface area contributed by atoms with Crippen molar-refractivity contribution < 1.29 is 9.18 Å². The number of hydrogen-bond acceptors (Lipinski definition) is 3. The van der Waals surface area contributed by atoms with Crippen LogP contribution < -0.4 is 5.32 Å². The van der Waals surface area contributed by atoms with Gasteiger partial charge in [0.1, 0.15) is 11.4 Å². The SMILES string of the molecule is CN(Cc1cccc(F)c1)C(=O)C1(n2cccn2)CCNCC1. The fourth-order valence-corrected chi connectivity index (χ4v) is 3.24. The summed E-state index contributed by atoms with van der Waals surface area (Å²) in [5.74, 6) is -0.265. The smallest absolute Gasteiger partial charge is 0.250 e. The van der Waals surface area contributed by atoms with Gasteiger partial charge in [0, 0.05) is 26.0 Å². The molecule has 1 aliphatic rings.